The SMILES string of the molecule is C[C@H](N)c1ccc(OCC2CCCCC2)c(F)c1. The van der Waals surface area contributed by atoms with Gasteiger partial charge in [0.15, 0.2) is 11.6 Å². The van der Waals surface area contributed by atoms with Crippen LogP contribution in [0.25, 0.3) is 0 Å². The first-order valence-corrected chi connectivity index (χ1v) is 6.84. The summed E-state index contributed by atoms with van der Waals surface area (Å²) in [4.78, 5) is 0. The first-order chi connectivity index (χ1) is 8.66. The molecule has 1 fully saturated rings. The third kappa shape index (κ3) is 3.45. The van der Waals surface area contributed by atoms with E-state index in [9.17, 15) is 4.39 Å². The number of benzene rings is 1. The third-order valence-corrected chi connectivity index (χ3v) is 3.68. The second-order valence-electron chi connectivity index (χ2n) is 5.29. The molecule has 1 aliphatic rings. The van der Waals surface area contributed by atoms with Gasteiger partial charge in [-0.15, -0.1) is 0 Å². The molecule has 3 heteroatoms. The first kappa shape index (κ1) is 13.3. The van der Waals surface area contributed by atoms with E-state index in [0.29, 0.717) is 18.3 Å². The van der Waals surface area contributed by atoms with Crippen LogP contribution in [0.1, 0.15) is 50.6 Å². The first-order valence-electron chi connectivity index (χ1n) is 6.84. The highest BCUT2D eigenvalue weighted by Crippen LogP contribution is 2.26. The van der Waals surface area contributed by atoms with Gasteiger partial charge in [0.05, 0.1) is 6.61 Å². The van der Waals surface area contributed by atoms with Gasteiger partial charge in [-0.05, 0) is 43.4 Å². The smallest absolute Gasteiger partial charge is 0.165 e. The van der Waals surface area contributed by atoms with Crippen molar-refractivity contribution < 1.29 is 9.13 Å². The van der Waals surface area contributed by atoms with Crippen molar-refractivity contribution in [3.05, 3.63) is 29.6 Å². The molecule has 1 atom stereocenters. The highest BCUT2D eigenvalue weighted by molar-refractivity contribution is 5.30. The summed E-state index contributed by atoms with van der Waals surface area (Å²) in [5.41, 5.74) is 6.52. The standard InChI is InChI=1S/C15H22FNO/c1-11(17)13-7-8-15(14(16)9-13)18-10-12-5-3-2-4-6-12/h7-9,11-12H,2-6,10,17H2,1H3/t11-/m0/s1. The van der Waals surface area contributed by atoms with Crippen LogP contribution in [0.2, 0.25) is 0 Å². The van der Waals surface area contributed by atoms with Gasteiger partial charge in [-0.2, -0.15) is 0 Å². The van der Waals surface area contributed by atoms with Crippen LogP contribution in [-0.4, -0.2) is 6.61 Å². The maximum absolute atomic E-state index is 13.8. The maximum atomic E-state index is 13.8. The Kier molecular flexibility index (Phi) is 4.59. The lowest BCUT2D eigenvalue weighted by Gasteiger charge is -2.21. The Morgan fingerprint density at radius 3 is 2.67 bits per heavy atom. The quantitative estimate of drug-likeness (QED) is 0.883. The number of halogens is 1. The van der Waals surface area contributed by atoms with Crippen LogP contribution in [0.4, 0.5) is 4.39 Å². The van der Waals surface area contributed by atoms with Crippen molar-refractivity contribution in [2.45, 2.75) is 45.1 Å². The number of nitrogens with two attached hydrogens (primary N) is 1. The molecule has 0 aromatic heterocycles. The fraction of sp³-hybridized carbons (Fsp3) is 0.600. The van der Waals surface area contributed by atoms with Crippen molar-refractivity contribution >= 4 is 0 Å². The van der Waals surface area contributed by atoms with Crippen LogP contribution in [-0.2, 0) is 0 Å². The minimum absolute atomic E-state index is 0.146. The van der Waals surface area contributed by atoms with E-state index >= 15 is 0 Å². The van der Waals surface area contributed by atoms with Crippen LogP contribution >= 0.6 is 0 Å². The summed E-state index contributed by atoms with van der Waals surface area (Å²) in [6, 6.07) is 4.86. The van der Waals surface area contributed by atoms with E-state index in [1.165, 1.54) is 38.2 Å². The fourth-order valence-corrected chi connectivity index (χ4v) is 2.48. The minimum atomic E-state index is -0.305. The molecule has 0 unspecified atom stereocenters. The molecule has 18 heavy (non-hydrogen) atoms. The van der Waals surface area contributed by atoms with Gasteiger partial charge in [0.1, 0.15) is 0 Å². The average molecular weight is 251 g/mol. The van der Waals surface area contributed by atoms with Gasteiger partial charge in [-0.25, -0.2) is 4.39 Å². The lowest BCUT2D eigenvalue weighted by molar-refractivity contribution is 0.202. The highest BCUT2D eigenvalue weighted by atomic mass is 19.1. The van der Waals surface area contributed by atoms with Gasteiger partial charge in [0.2, 0.25) is 0 Å². The van der Waals surface area contributed by atoms with Crippen LogP contribution in [0.3, 0.4) is 0 Å². The molecule has 2 N–H and O–H groups in total. The van der Waals surface area contributed by atoms with E-state index < -0.39 is 0 Å². The van der Waals surface area contributed by atoms with E-state index in [4.69, 9.17) is 10.5 Å². The summed E-state index contributed by atoms with van der Waals surface area (Å²) < 4.78 is 19.4. The van der Waals surface area contributed by atoms with Crippen molar-refractivity contribution in [1.82, 2.24) is 0 Å². The van der Waals surface area contributed by atoms with Crippen molar-refractivity contribution in [3.8, 4) is 5.75 Å². The molecular formula is C15H22FNO. The van der Waals surface area contributed by atoms with Gasteiger partial charge < -0.3 is 10.5 Å². The van der Waals surface area contributed by atoms with Crippen molar-refractivity contribution in [3.63, 3.8) is 0 Å². The normalized spacial score (nSPS) is 18.6. The largest absolute Gasteiger partial charge is 0.490 e. The van der Waals surface area contributed by atoms with Crippen LogP contribution in [0, 0.1) is 11.7 Å². The Labute approximate surface area is 108 Å². The van der Waals surface area contributed by atoms with E-state index in [0.717, 1.165) is 5.56 Å². The molecule has 0 aliphatic heterocycles. The average Bonchev–Trinajstić information content (AvgIpc) is 2.38. The van der Waals surface area contributed by atoms with Gasteiger partial charge in [-0.3, -0.25) is 0 Å². The van der Waals surface area contributed by atoms with Gasteiger partial charge in [0, 0.05) is 6.04 Å². The Morgan fingerprint density at radius 1 is 1.33 bits per heavy atom. The van der Waals surface area contributed by atoms with Gasteiger partial charge in [-0.1, -0.05) is 25.3 Å². The summed E-state index contributed by atoms with van der Waals surface area (Å²) in [5.74, 6) is 0.636. The molecule has 100 valence electrons. The molecule has 0 radical (unpaired) electrons. The zero-order valence-corrected chi connectivity index (χ0v) is 11.0. The summed E-state index contributed by atoms with van der Waals surface area (Å²) in [6.45, 7) is 2.48. The maximum Gasteiger partial charge on any atom is 0.165 e. The molecule has 0 spiro atoms. The molecule has 0 bridgehead atoms. The summed E-state index contributed by atoms with van der Waals surface area (Å²) in [7, 11) is 0. The lowest BCUT2D eigenvalue weighted by Crippen LogP contribution is -2.15. The summed E-state index contributed by atoms with van der Waals surface area (Å²) in [5, 5.41) is 0. The predicted octanol–water partition coefficient (Wildman–Crippen LogP) is 3.80. The topological polar surface area (TPSA) is 35.2 Å². The van der Waals surface area contributed by atoms with E-state index in [1.807, 2.05) is 13.0 Å². The van der Waals surface area contributed by atoms with Crippen LogP contribution < -0.4 is 10.5 Å². The Morgan fingerprint density at radius 2 is 2.06 bits per heavy atom. The van der Waals surface area contributed by atoms with E-state index in [-0.39, 0.29) is 11.9 Å². The Balaban J connectivity index is 1.92. The number of rotatable bonds is 4. The van der Waals surface area contributed by atoms with Crippen molar-refractivity contribution in [2.24, 2.45) is 11.7 Å². The lowest BCUT2D eigenvalue weighted by atomic mass is 9.90. The Bertz CT molecular complexity index is 386. The monoisotopic (exact) mass is 251 g/mol. The second-order valence-corrected chi connectivity index (χ2v) is 5.29. The van der Waals surface area contributed by atoms with Crippen LogP contribution in [0.5, 0.6) is 5.75 Å². The van der Waals surface area contributed by atoms with Crippen molar-refractivity contribution in [1.29, 1.82) is 0 Å². The minimum Gasteiger partial charge on any atom is -0.490 e. The van der Waals surface area contributed by atoms with Crippen molar-refractivity contribution in [2.75, 3.05) is 6.61 Å². The molecule has 1 aliphatic carbocycles. The molecule has 1 saturated carbocycles. The fourth-order valence-electron chi connectivity index (χ4n) is 2.48. The second kappa shape index (κ2) is 6.19. The summed E-state index contributed by atoms with van der Waals surface area (Å²) >= 11 is 0. The molecule has 0 heterocycles. The zero-order valence-electron chi connectivity index (χ0n) is 11.0. The third-order valence-electron chi connectivity index (χ3n) is 3.68. The molecule has 0 saturated heterocycles. The number of hydrogen-bond acceptors (Lipinski definition) is 2. The van der Waals surface area contributed by atoms with Gasteiger partial charge in [0.25, 0.3) is 0 Å². The van der Waals surface area contributed by atoms with E-state index in [2.05, 4.69) is 0 Å². The molecule has 0 amide bonds. The molecule has 1 aromatic carbocycles. The molecular weight excluding hydrogens is 229 g/mol. The number of hydrogen-bond donors (Lipinski definition) is 1. The highest BCUT2D eigenvalue weighted by Gasteiger charge is 2.15. The van der Waals surface area contributed by atoms with Crippen LogP contribution in [0.15, 0.2) is 18.2 Å². The molecule has 2 nitrogen and oxygen atoms in total. The summed E-state index contributed by atoms with van der Waals surface area (Å²) in [6.07, 6.45) is 6.30. The predicted molar refractivity (Wildman–Crippen MR) is 71.1 cm³/mol. The Hall–Kier alpha value is -1.09. The molecule has 2 rings (SSSR count). The van der Waals surface area contributed by atoms with E-state index in [1.54, 1.807) is 6.07 Å². The zero-order chi connectivity index (χ0) is 13.0. The van der Waals surface area contributed by atoms with Gasteiger partial charge >= 0.3 is 0 Å². The molecule has 1 aromatic rings. The number of ether oxygens (including phenoxy) is 1.